The van der Waals surface area contributed by atoms with Crippen molar-refractivity contribution < 1.29 is 0 Å². The summed E-state index contributed by atoms with van der Waals surface area (Å²) in [7, 11) is 0. The zero-order chi connectivity index (χ0) is 23.0. The van der Waals surface area contributed by atoms with Gasteiger partial charge in [0.15, 0.2) is 0 Å². The predicted octanol–water partition coefficient (Wildman–Crippen LogP) is 9.46. The van der Waals surface area contributed by atoms with E-state index in [0.717, 1.165) is 18.3 Å². The number of hydrogen-bond acceptors (Lipinski definition) is 0. The molecule has 0 bridgehead atoms. The first-order chi connectivity index (χ1) is 14.7. The summed E-state index contributed by atoms with van der Waals surface area (Å²) in [4.78, 5) is 0. The third-order valence-corrected chi connectivity index (χ3v) is 6.79. The first-order valence-corrected chi connectivity index (χ1v) is 12.2. The summed E-state index contributed by atoms with van der Waals surface area (Å²) in [6.07, 6.45) is 9.48. The number of aryl methyl sites for hydroxylation is 2. The predicted molar refractivity (Wildman–Crippen MR) is 140 cm³/mol. The normalized spacial score (nSPS) is 15.6. The average Bonchev–Trinajstić information content (AvgIpc) is 2.73. The molecule has 0 nitrogen and oxygen atoms in total. The van der Waals surface area contributed by atoms with Gasteiger partial charge in [-0.25, -0.2) is 0 Å². The zero-order valence-corrected chi connectivity index (χ0v) is 21.3. The van der Waals surface area contributed by atoms with Crippen LogP contribution in [0.4, 0.5) is 0 Å². The van der Waals surface area contributed by atoms with Crippen LogP contribution in [0, 0.1) is 25.7 Å². The van der Waals surface area contributed by atoms with E-state index >= 15 is 0 Å². The van der Waals surface area contributed by atoms with Crippen LogP contribution in [0.3, 0.4) is 0 Å². The summed E-state index contributed by atoms with van der Waals surface area (Å²) in [5.74, 6) is 2.23. The Morgan fingerprint density at radius 1 is 0.839 bits per heavy atom. The summed E-state index contributed by atoms with van der Waals surface area (Å²) in [6.45, 7) is 18.3. The maximum atomic E-state index is 2.46. The van der Waals surface area contributed by atoms with Crippen LogP contribution in [0.1, 0.15) is 94.5 Å². The molecule has 0 saturated heterocycles. The maximum absolute atomic E-state index is 2.46. The Bertz CT molecular complexity index is 879. The van der Waals surface area contributed by atoms with Crippen molar-refractivity contribution in [2.45, 2.75) is 87.0 Å². The Morgan fingerprint density at radius 3 is 2.16 bits per heavy atom. The van der Waals surface area contributed by atoms with Crippen LogP contribution < -0.4 is 0 Å². The standard InChI is InChI=1S/C31H44/c1-9-22(2)18-25(5)19-28(8)30-17-14-27(7)31(21-30)20-24(4)10-13-26(6)29-15-11-23(3)12-16-29/h10-17,21-22,25,28H,9,18-20H2,1-8H3/b24-10+,26-13+. The lowest BCUT2D eigenvalue weighted by Gasteiger charge is -2.21. The summed E-state index contributed by atoms with van der Waals surface area (Å²) in [6, 6.07) is 15.9. The van der Waals surface area contributed by atoms with Crippen molar-refractivity contribution in [2.75, 3.05) is 0 Å². The van der Waals surface area contributed by atoms with E-state index in [4.69, 9.17) is 0 Å². The van der Waals surface area contributed by atoms with E-state index < -0.39 is 0 Å². The van der Waals surface area contributed by atoms with Crippen molar-refractivity contribution in [3.63, 3.8) is 0 Å². The van der Waals surface area contributed by atoms with Crippen molar-refractivity contribution >= 4 is 5.57 Å². The molecule has 0 aliphatic heterocycles. The van der Waals surface area contributed by atoms with E-state index in [1.807, 2.05) is 0 Å². The minimum atomic E-state index is 0.617. The van der Waals surface area contributed by atoms with Gasteiger partial charge in [0.1, 0.15) is 0 Å². The molecule has 0 amide bonds. The van der Waals surface area contributed by atoms with Crippen LogP contribution in [-0.4, -0.2) is 0 Å². The van der Waals surface area contributed by atoms with E-state index in [1.165, 1.54) is 58.2 Å². The molecule has 0 fully saturated rings. The van der Waals surface area contributed by atoms with E-state index in [2.05, 4.69) is 110 Å². The van der Waals surface area contributed by atoms with Crippen molar-refractivity contribution in [3.8, 4) is 0 Å². The van der Waals surface area contributed by atoms with Gasteiger partial charge >= 0.3 is 0 Å². The van der Waals surface area contributed by atoms with Gasteiger partial charge in [-0.3, -0.25) is 0 Å². The van der Waals surface area contributed by atoms with Crippen LogP contribution >= 0.6 is 0 Å². The van der Waals surface area contributed by atoms with Crippen LogP contribution in [0.2, 0.25) is 0 Å². The Kier molecular flexibility index (Phi) is 9.82. The van der Waals surface area contributed by atoms with Gasteiger partial charge in [-0.2, -0.15) is 0 Å². The smallest absolute Gasteiger partial charge is 0.00640 e. The Labute approximate surface area is 192 Å². The molecule has 2 aromatic carbocycles. The minimum Gasteiger partial charge on any atom is -0.0689 e. The van der Waals surface area contributed by atoms with E-state index in [0.29, 0.717) is 5.92 Å². The van der Waals surface area contributed by atoms with E-state index in [-0.39, 0.29) is 0 Å². The number of benzene rings is 2. The van der Waals surface area contributed by atoms with Gasteiger partial charge in [0.05, 0.1) is 0 Å². The maximum Gasteiger partial charge on any atom is -0.00640 e. The molecule has 0 heterocycles. The lowest BCUT2D eigenvalue weighted by molar-refractivity contribution is 0.369. The molecule has 0 aromatic heterocycles. The molecule has 0 N–H and O–H groups in total. The second-order valence-electron chi connectivity index (χ2n) is 10.1. The van der Waals surface area contributed by atoms with Crippen molar-refractivity contribution in [3.05, 3.63) is 88.0 Å². The van der Waals surface area contributed by atoms with Crippen LogP contribution in [0.15, 0.2) is 60.2 Å². The molecule has 3 unspecified atom stereocenters. The Morgan fingerprint density at radius 2 is 1.52 bits per heavy atom. The summed E-state index contributed by atoms with van der Waals surface area (Å²) in [5, 5.41) is 0. The van der Waals surface area contributed by atoms with Gasteiger partial charge in [-0.15, -0.1) is 0 Å². The van der Waals surface area contributed by atoms with Crippen molar-refractivity contribution in [1.29, 1.82) is 0 Å². The third-order valence-electron chi connectivity index (χ3n) is 6.79. The summed E-state index contributed by atoms with van der Waals surface area (Å²) >= 11 is 0. The fraction of sp³-hybridized carbons (Fsp3) is 0.484. The molecule has 3 atom stereocenters. The molecule has 2 aromatic rings. The second kappa shape index (κ2) is 12.1. The van der Waals surface area contributed by atoms with Gasteiger partial charge in [0.25, 0.3) is 0 Å². The highest BCUT2D eigenvalue weighted by Crippen LogP contribution is 2.29. The van der Waals surface area contributed by atoms with Gasteiger partial charge in [0.2, 0.25) is 0 Å². The molecular formula is C31H44. The first kappa shape index (κ1) is 25.2. The van der Waals surface area contributed by atoms with Crippen molar-refractivity contribution in [1.82, 2.24) is 0 Å². The van der Waals surface area contributed by atoms with E-state index in [1.54, 1.807) is 0 Å². The summed E-state index contributed by atoms with van der Waals surface area (Å²) < 4.78 is 0. The second-order valence-corrected chi connectivity index (χ2v) is 10.1. The third kappa shape index (κ3) is 8.17. The largest absolute Gasteiger partial charge is 0.0689 e. The highest BCUT2D eigenvalue weighted by Gasteiger charge is 2.14. The SMILES string of the molecule is CCC(C)CC(C)CC(C)c1ccc(C)c(C/C(C)=C/C=C(\C)c2ccc(C)cc2)c1. The average molecular weight is 417 g/mol. The lowest BCUT2D eigenvalue weighted by atomic mass is 9.84. The van der Waals surface area contributed by atoms with Crippen LogP contribution in [0.5, 0.6) is 0 Å². The fourth-order valence-corrected chi connectivity index (χ4v) is 4.42. The molecular weight excluding hydrogens is 372 g/mol. The van der Waals surface area contributed by atoms with Crippen molar-refractivity contribution in [2.24, 2.45) is 11.8 Å². The van der Waals surface area contributed by atoms with Gasteiger partial charge in [-0.05, 0) is 92.5 Å². The Balaban J connectivity index is 2.08. The molecule has 0 aliphatic rings. The van der Waals surface area contributed by atoms with Gasteiger partial charge < -0.3 is 0 Å². The topological polar surface area (TPSA) is 0 Å². The van der Waals surface area contributed by atoms with Gasteiger partial charge in [0, 0.05) is 0 Å². The monoisotopic (exact) mass is 416 g/mol. The molecule has 0 aliphatic carbocycles. The lowest BCUT2D eigenvalue weighted by Crippen LogP contribution is -2.07. The molecule has 168 valence electrons. The molecule has 0 heteroatoms. The van der Waals surface area contributed by atoms with Crippen LogP contribution in [-0.2, 0) is 6.42 Å². The fourth-order valence-electron chi connectivity index (χ4n) is 4.42. The molecule has 0 radical (unpaired) electrons. The van der Waals surface area contributed by atoms with E-state index in [9.17, 15) is 0 Å². The highest BCUT2D eigenvalue weighted by atomic mass is 14.2. The zero-order valence-electron chi connectivity index (χ0n) is 21.3. The molecule has 2 rings (SSSR count). The van der Waals surface area contributed by atoms with Gasteiger partial charge in [-0.1, -0.05) is 99.9 Å². The number of rotatable bonds is 10. The Hall–Kier alpha value is -2.08. The molecule has 0 saturated carbocycles. The highest BCUT2D eigenvalue weighted by molar-refractivity contribution is 5.65. The van der Waals surface area contributed by atoms with Crippen LogP contribution in [0.25, 0.3) is 5.57 Å². The quantitative estimate of drug-likeness (QED) is 0.338. The minimum absolute atomic E-state index is 0.617. The number of allylic oxidation sites excluding steroid dienone is 4. The first-order valence-electron chi connectivity index (χ1n) is 12.2. The number of hydrogen-bond donors (Lipinski definition) is 0. The summed E-state index contributed by atoms with van der Waals surface area (Å²) in [5.41, 5.74) is 9.69. The molecule has 31 heavy (non-hydrogen) atoms. The molecule has 0 spiro atoms.